The summed E-state index contributed by atoms with van der Waals surface area (Å²) in [6, 6.07) is 13.5. The molecule has 0 aromatic heterocycles. The van der Waals surface area contributed by atoms with Crippen LogP contribution in [-0.4, -0.2) is 49.4 Å². The zero-order valence-corrected chi connectivity index (χ0v) is 15.9. The van der Waals surface area contributed by atoms with Gasteiger partial charge in [0.15, 0.2) is 11.5 Å². The zero-order valence-electron chi connectivity index (χ0n) is 15.9. The first kappa shape index (κ1) is 19.8. The molecule has 6 nitrogen and oxygen atoms in total. The van der Waals surface area contributed by atoms with E-state index < -0.39 is 12.2 Å². The third kappa shape index (κ3) is 3.55. The van der Waals surface area contributed by atoms with Gasteiger partial charge in [0.05, 0.1) is 0 Å². The van der Waals surface area contributed by atoms with Gasteiger partial charge < -0.3 is 15.4 Å². The Morgan fingerprint density at radius 2 is 1.86 bits per heavy atom. The molecule has 0 radical (unpaired) electrons. The van der Waals surface area contributed by atoms with Crippen LogP contribution in [0.2, 0.25) is 0 Å². The molecule has 2 aromatic rings. The highest BCUT2D eigenvalue weighted by Crippen LogP contribution is 2.40. The molecule has 1 aliphatic rings. The summed E-state index contributed by atoms with van der Waals surface area (Å²) in [7, 11) is 5.46. The molecule has 1 amide bonds. The van der Waals surface area contributed by atoms with Gasteiger partial charge in [-0.2, -0.15) is 8.78 Å². The second-order valence-electron chi connectivity index (χ2n) is 6.89. The van der Waals surface area contributed by atoms with Gasteiger partial charge in [0.1, 0.15) is 5.75 Å². The summed E-state index contributed by atoms with van der Waals surface area (Å²) >= 11 is 0. The maximum atomic E-state index is 13.2. The van der Waals surface area contributed by atoms with Crippen LogP contribution in [0.4, 0.5) is 8.78 Å². The zero-order chi connectivity index (χ0) is 20.5. The fraction of sp³-hybridized carbons (Fsp3) is 0.300. The van der Waals surface area contributed by atoms with E-state index in [2.05, 4.69) is 9.73 Å². The lowest BCUT2D eigenvalue weighted by Gasteiger charge is -2.27. The second-order valence-corrected chi connectivity index (χ2v) is 6.89. The Balaban J connectivity index is 2.12. The van der Waals surface area contributed by atoms with E-state index >= 15 is 0 Å². The topological polar surface area (TPSA) is 71.2 Å². The molecule has 0 saturated carbocycles. The highest BCUT2D eigenvalue weighted by atomic mass is 19.3. The van der Waals surface area contributed by atoms with Crippen molar-refractivity contribution in [1.82, 2.24) is 9.80 Å². The molecule has 1 heterocycles. The molecule has 1 atom stereocenters. The molecule has 2 N–H and O–H groups in total. The molecule has 1 aliphatic heterocycles. The second kappa shape index (κ2) is 7.55. The Hall–Kier alpha value is -3.00. The van der Waals surface area contributed by atoms with E-state index in [1.807, 2.05) is 43.3 Å². The molecule has 2 aromatic carbocycles. The fourth-order valence-electron chi connectivity index (χ4n) is 3.32. The number of alkyl halides is 2. The molecule has 1 unspecified atom stereocenters. The molecule has 0 aliphatic carbocycles. The minimum atomic E-state index is -2.92. The number of amides is 1. The van der Waals surface area contributed by atoms with Crippen molar-refractivity contribution < 1.29 is 18.3 Å². The Morgan fingerprint density at radius 1 is 1.18 bits per heavy atom. The Kier molecular flexibility index (Phi) is 5.33. The van der Waals surface area contributed by atoms with Crippen molar-refractivity contribution in [3.05, 3.63) is 65.2 Å². The first-order valence-corrected chi connectivity index (χ1v) is 8.67. The predicted octanol–water partition coefficient (Wildman–Crippen LogP) is 2.38. The van der Waals surface area contributed by atoms with Crippen molar-refractivity contribution in [3.8, 4) is 5.75 Å². The van der Waals surface area contributed by atoms with Gasteiger partial charge in [-0.15, -0.1) is 0 Å². The number of hydrogen-bond donors (Lipinski definition) is 1. The molecule has 8 heteroatoms. The molecule has 0 bridgehead atoms. The van der Waals surface area contributed by atoms with E-state index in [0.29, 0.717) is 17.7 Å². The van der Waals surface area contributed by atoms with Crippen molar-refractivity contribution in [1.29, 1.82) is 0 Å². The molecule has 0 fully saturated rings. The Morgan fingerprint density at radius 3 is 2.39 bits per heavy atom. The van der Waals surface area contributed by atoms with Crippen molar-refractivity contribution >= 4 is 11.9 Å². The van der Waals surface area contributed by atoms with Crippen LogP contribution in [0.25, 0.3) is 0 Å². The van der Waals surface area contributed by atoms with Crippen molar-refractivity contribution in [2.24, 2.45) is 10.7 Å². The maximum Gasteiger partial charge on any atom is 0.387 e. The highest BCUT2D eigenvalue weighted by molar-refractivity contribution is 6.08. The van der Waals surface area contributed by atoms with Crippen LogP contribution in [0.5, 0.6) is 5.75 Å². The van der Waals surface area contributed by atoms with Gasteiger partial charge in [-0.3, -0.25) is 9.69 Å². The lowest BCUT2D eigenvalue weighted by Crippen LogP contribution is -2.41. The summed E-state index contributed by atoms with van der Waals surface area (Å²) in [6.07, 6.45) is 0. The highest BCUT2D eigenvalue weighted by Gasteiger charge is 2.49. The number of guanidine groups is 1. The van der Waals surface area contributed by atoms with Gasteiger partial charge in [-0.1, -0.05) is 36.4 Å². The number of rotatable bonds is 6. The number of nitrogens with zero attached hydrogens (tertiary/aromatic N) is 3. The SMILES string of the molecule is CN(C)Cc1cccc(C2(c3ccc(OC(F)F)cc3)N=C(N)N(C)C2=O)c1. The van der Waals surface area contributed by atoms with Gasteiger partial charge in [-0.25, -0.2) is 4.99 Å². The van der Waals surface area contributed by atoms with Crippen molar-refractivity contribution in [2.75, 3.05) is 21.1 Å². The monoisotopic (exact) mass is 388 g/mol. The minimum absolute atomic E-state index is 0.00557. The first-order chi connectivity index (χ1) is 13.2. The molecule has 148 valence electrons. The number of carbonyl (C=O) groups excluding carboxylic acids is 1. The maximum absolute atomic E-state index is 13.2. The summed E-state index contributed by atoms with van der Waals surface area (Å²) in [5.74, 6) is -0.212. The van der Waals surface area contributed by atoms with Gasteiger partial charge >= 0.3 is 6.61 Å². The number of ether oxygens (including phenoxy) is 1. The largest absolute Gasteiger partial charge is 0.435 e. The average Bonchev–Trinajstić information content (AvgIpc) is 2.86. The van der Waals surface area contributed by atoms with Crippen LogP contribution >= 0.6 is 0 Å². The lowest BCUT2D eigenvalue weighted by atomic mass is 9.82. The molecule has 3 rings (SSSR count). The summed E-state index contributed by atoms with van der Waals surface area (Å²) < 4.78 is 29.3. The van der Waals surface area contributed by atoms with Gasteiger partial charge in [0, 0.05) is 13.6 Å². The summed E-state index contributed by atoms with van der Waals surface area (Å²) in [6.45, 7) is -2.23. The summed E-state index contributed by atoms with van der Waals surface area (Å²) in [4.78, 5) is 21.0. The number of carbonyl (C=O) groups is 1. The van der Waals surface area contributed by atoms with Crippen LogP contribution in [0.15, 0.2) is 53.5 Å². The number of halogens is 2. The van der Waals surface area contributed by atoms with E-state index in [1.165, 1.54) is 17.0 Å². The van der Waals surface area contributed by atoms with Crippen molar-refractivity contribution in [3.63, 3.8) is 0 Å². The molecular formula is C20H22F2N4O2. The van der Waals surface area contributed by atoms with E-state index in [9.17, 15) is 13.6 Å². The average molecular weight is 388 g/mol. The molecule has 0 saturated heterocycles. The lowest BCUT2D eigenvalue weighted by molar-refractivity contribution is -0.129. The minimum Gasteiger partial charge on any atom is -0.435 e. The third-order valence-corrected chi connectivity index (χ3v) is 4.58. The predicted molar refractivity (Wildman–Crippen MR) is 102 cm³/mol. The standard InChI is InChI=1S/C20H22F2N4O2/c1-25(2)12-13-5-4-6-15(11-13)20(17(27)26(3)19(23)24-20)14-7-9-16(10-8-14)28-18(21)22/h4-11,18H,12H2,1-3H3,(H2,23,24). The quantitative estimate of drug-likeness (QED) is 0.825. The van der Waals surface area contributed by atoms with Crippen LogP contribution in [-0.2, 0) is 16.9 Å². The number of benzene rings is 2. The fourth-order valence-corrected chi connectivity index (χ4v) is 3.32. The van der Waals surface area contributed by atoms with E-state index in [0.717, 1.165) is 5.56 Å². The number of aliphatic imine (C=N–C) groups is 1. The van der Waals surface area contributed by atoms with Gasteiger partial charge in [0.2, 0.25) is 0 Å². The third-order valence-electron chi connectivity index (χ3n) is 4.58. The van der Waals surface area contributed by atoms with Crippen LogP contribution in [0.3, 0.4) is 0 Å². The van der Waals surface area contributed by atoms with Gasteiger partial charge in [0.25, 0.3) is 5.91 Å². The van der Waals surface area contributed by atoms with Crippen LogP contribution < -0.4 is 10.5 Å². The molecular weight excluding hydrogens is 366 g/mol. The normalized spacial score (nSPS) is 19.5. The van der Waals surface area contributed by atoms with E-state index in [-0.39, 0.29) is 17.6 Å². The van der Waals surface area contributed by atoms with E-state index in [1.54, 1.807) is 19.2 Å². The van der Waals surface area contributed by atoms with Crippen molar-refractivity contribution in [2.45, 2.75) is 18.7 Å². The molecule has 0 spiro atoms. The van der Waals surface area contributed by atoms with Crippen LogP contribution in [0.1, 0.15) is 16.7 Å². The Labute approximate surface area is 162 Å². The van der Waals surface area contributed by atoms with Crippen LogP contribution in [0, 0.1) is 0 Å². The summed E-state index contributed by atoms with van der Waals surface area (Å²) in [5, 5.41) is 0. The molecule has 28 heavy (non-hydrogen) atoms. The Bertz CT molecular complexity index is 899. The smallest absolute Gasteiger partial charge is 0.387 e. The van der Waals surface area contributed by atoms with E-state index in [4.69, 9.17) is 5.73 Å². The summed E-state index contributed by atoms with van der Waals surface area (Å²) in [5.41, 5.74) is 6.78. The first-order valence-electron chi connectivity index (χ1n) is 8.67. The number of nitrogens with two attached hydrogens (primary N) is 1. The number of likely N-dealkylation sites (N-methyl/N-ethyl adjacent to an activating group) is 1. The van der Waals surface area contributed by atoms with Gasteiger partial charge in [-0.05, 0) is 42.9 Å². The number of hydrogen-bond acceptors (Lipinski definition) is 5.